The third-order valence-electron chi connectivity index (χ3n) is 2.44. The largest absolute Gasteiger partial charge is 0.397 e. The Hall–Kier alpha value is -1.25. The molecule has 1 saturated heterocycles. The van der Waals surface area contributed by atoms with Gasteiger partial charge in [-0.05, 0) is 25.0 Å². The third-order valence-corrected chi connectivity index (χ3v) is 2.44. The lowest BCUT2D eigenvalue weighted by Gasteiger charge is -2.19. The lowest BCUT2D eigenvalue weighted by atomic mass is 10.2. The van der Waals surface area contributed by atoms with Gasteiger partial charge in [0.15, 0.2) is 0 Å². The second-order valence-corrected chi connectivity index (χ2v) is 3.37. The molecular weight excluding hydrogens is 167 g/mol. The summed E-state index contributed by atoms with van der Waals surface area (Å²) in [5, 5.41) is 0. The van der Waals surface area contributed by atoms with Crippen molar-refractivity contribution in [3.63, 3.8) is 0 Å². The molecule has 0 atom stereocenters. The van der Waals surface area contributed by atoms with Gasteiger partial charge in [0.2, 0.25) is 0 Å². The number of hydrogen-bond acceptors (Lipinski definition) is 2. The van der Waals surface area contributed by atoms with Crippen molar-refractivity contribution in [2.45, 2.75) is 12.8 Å². The highest BCUT2D eigenvalue weighted by atomic mass is 19.1. The van der Waals surface area contributed by atoms with E-state index in [9.17, 15) is 4.39 Å². The van der Waals surface area contributed by atoms with Crippen molar-refractivity contribution in [3.05, 3.63) is 24.0 Å². The molecule has 0 unspecified atom stereocenters. The van der Waals surface area contributed by atoms with Gasteiger partial charge in [-0.15, -0.1) is 0 Å². The van der Waals surface area contributed by atoms with E-state index in [1.54, 1.807) is 12.1 Å². The molecular formula is C10H13FN2. The molecule has 2 nitrogen and oxygen atoms in total. The predicted octanol–water partition coefficient (Wildman–Crippen LogP) is 2.01. The van der Waals surface area contributed by atoms with Gasteiger partial charge in [-0.25, -0.2) is 4.39 Å². The van der Waals surface area contributed by atoms with Gasteiger partial charge in [-0.2, -0.15) is 0 Å². The van der Waals surface area contributed by atoms with E-state index in [0.717, 1.165) is 25.9 Å². The van der Waals surface area contributed by atoms with Crippen molar-refractivity contribution >= 4 is 11.4 Å². The van der Waals surface area contributed by atoms with Crippen LogP contribution in [-0.2, 0) is 0 Å². The molecule has 1 fully saturated rings. The first-order valence-corrected chi connectivity index (χ1v) is 4.58. The van der Waals surface area contributed by atoms with Gasteiger partial charge < -0.3 is 10.6 Å². The molecule has 3 heteroatoms. The number of nitrogen functional groups attached to an aromatic ring is 1. The highest BCUT2D eigenvalue weighted by Crippen LogP contribution is 2.29. The smallest absolute Gasteiger partial charge is 0.148 e. The van der Waals surface area contributed by atoms with Crippen LogP contribution in [0.5, 0.6) is 0 Å². The summed E-state index contributed by atoms with van der Waals surface area (Å²) in [7, 11) is 0. The maximum atomic E-state index is 13.4. The summed E-state index contributed by atoms with van der Waals surface area (Å²) in [6, 6.07) is 4.85. The van der Waals surface area contributed by atoms with Crippen LogP contribution in [0.3, 0.4) is 0 Å². The first-order chi connectivity index (χ1) is 6.29. The third kappa shape index (κ3) is 1.46. The van der Waals surface area contributed by atoms with Gasteiger partial charge in [0.05, 0.1) is 11.4 Å². The average molecular weight is 180 g/mol. The molecule has 2 rings (SSSR count). The van der Waals surface area contributed by atoms with Crippen molar-refractivity contribution in [1.29, 1.82) is 0 Å². The Balaban J connectivity index is 2.37. The first-order valence-electron chi connectivity index (χ1n) is 4.58. The van der Waals surface area contributed by atoms with E-state index < -0.39 is 0 Å². The monoisotopic (exact) mass is 180 g/mol. The molecule has 0 bridgehead atoms. The lowest BCUT2D eigenvalue weighted by Crippen LogP contribution is -2.20. The molecule has 1 aliphatic rings. The van der Waals surface area contributed by atoms with E-state index in [4.69, 9.17) is 5.73 Å². The van der Waals surface area contributed by atoms with E-state index in [1.165, 1.54) is 6.07 Å². The zero-order valence-corrected chi connectivity index (χ0v) is 7.46. The van der Waals surface area contributed by atoms with Gasteiger partial charge in [0.1, 0.15) is 5.82 Å². The van der Waals surface area contributed by atoms with E-state index >= 15 is 0 Å². The molecule has 0 aromatic heterocycles. The zero-order valence-electron chi connectivity index (χ0n) is 7.46. The van der Waals surface area contributed by atoms with E-state index in [0.29, 0.717) is 11.4 Å². The Morgan fingerprint density at radius 2 is 1.92 bits per heavy atom. The summed E-state index contributed by atoms with van der Waals surface area (Å²) < 4.78 is 13.4. The van der Waals surface area contributed by atoms with Crippen molar-refractivity contribution in [2.75, 3.05) is 23.7 Å². The van der Waals surface area contributed by atoms with E-state index in [-0.39, 0.29) is 5.82 Å². The van der Waals surface area contributed by atoms with Crippen LogP contribution in [0, 0.1) is 5.82 Å². The fourth-order valence-corrected chi connectivity index (χ4v) is 1.81. The van der Waals surface area contributed by atoms with Crippen molar-refractivity contribution < 1.29 is 4.39 Å². The Labute approximate surface area is 77.2 Å². The van der Waals surface area contributed by atoms with E-state index in [1.807, 2.05) is 4.90 Å². The number of nitrogens with zero attached hydrogens (tertiary/aromatic N) is 1. The summed E-state index contributed by atoms with van der Waals surface area (Å²) in [5.41, 5.74) is 6.85. The maximum absolute atomic E-state index is 13.4. The van der Waals surface area contributed by atoms with Crippen molar-refractivity contribution in [2.24, 2.45) is 0 Å². The molecule has 0 spiro atoms. The van der Waals surface area contributed by atoms with Crippen LogP contribution >= 0.6 is 0 Å². The first kappa shape index (κ1) is 8.35. The molecule has 1 aromatic rings. The molecule has 13 heavy (non-hydrogen) atoms. The second-order valence-electron chi connectivity index (χ2n) is 3.37. The molecule has 2 N–H and O–H groups in total. The van der Waals surface area contributed by atoms with Gasteiger partial charge in [0.25, 0.3) is 0 Å². The van der Waals surface area contributed by atoms with Crippen LogP contribution in [0.15, 0.2) is 18.2 Å². The molecule has 1 heterocycles. The molecule has 0 radical (unpaired) electrons. The fraction of sp³-hybridized carbons (Fsp3) is 0.400. The lowest BCUT2D eigenvalue weighted by molar-refractivity contribution is 0.624. The van der Waals surface area contributed by atoms with Crippen molar-refractivity contribution in [3.8, 4) is 0 Å². The summed E-state index contributed by atoms with van der Waals surface area (Å²) in [5.74, 6) is -0.207. The summed E-state index contributed by atoms with van der Waals surface area (Å²) in [4.78, 5) is 2.02. The summed E-state index contributed by atoms with van der Waals surface area (Å²) in [6.07, 6.45) is 2.27. The minimum absolute atomic E-state index is 0.207. The zero-order chi connectivity index (χ0) is 9.26. The number of anilines is 2. The Kier molecular flexibility index (Phi) is 2.08. The quantitative estimate of drug-likeness (QED) is 0.670. The maximum Gasteiger partial charge on any atom is 0.148 e. The Morgan fingerprint density at radius 3 is 2.54 bits per heavy atom. The van der Waals surface area contributed by atoms with Crippen LogP contribution < -0.4 is 10.6 Å². The van der Waals surface area contributed by atoms with Crippen LogP contribution in [0.25, 0.3) is 0 Å². The number of nitrogens with two attached hydrogens (primary N) is 1. The number of hydrogen-bond donors (Lipinski definition) is 1. The SMILES string of the molecule is Nc1cccc(F)c1N1CCCC1. The normalized spacial score (nSPS) is 16.5. The predicted molar refractivity (Wildman–Crippen MR) is 52.3 cm³/mol. The highest BCUT2D eigenvalue weighted by molar-refractivity contribution is 5.68. The standard InChI is InChI=1S/C10H13FN2/c11-8-4-3-5-9(12)10(8)13-6-1-2-7-13/h3-5H,1-2,6-7,12H2. The minimum atomic E-state index is -0.207. The number of halogens is 1. The average Bonchev–Trinajstić information content (AvgIpc) is 2.57. The van der Waals surface area contributed by atoms with Crippen LogP contribution in [0.4, 0.5) is 15.8 Å². The van der Waals surface area contributed by atoms with Gasteiger partial charge in [0, 0.05) is 13.1 Å². The number of rotatable bonds is 1. The highest BCUT2D eigenvalue weighted by Gasteiger charge is 2.17. The van der Waals surface area contributed by atoms with Gasteiger partial charge in [-0.1, -0.05) is 6.07 Å². The molecule has 1 aliphatic heterocycles. The minimum Gasteiger partial charge on any atom is -0.397 e. The van der Waals surface area contributed by atoms with Gasteiger partial charge >= 0.3 is 0 Å². The molecule has 70 valence electrons. The summed E-state index contributed by atoms with van der Waals surface area (Å²) in [6.45, 7) is 1.84. The Morgan fingerprint density at radius 1 is 1.23 bits per heavy atom. The summed E-state index contributed by atoms with van der Waals surface area (Å²) >= 11 is 0. The van der Waals surface area contributed by atoms with Gasteiger partial charge in [-0.3, -0.25) is 0 Å². The van der Waals surface area contributed by atoms with Crippen LogP contribution in [0.1, 0.15) is 12.8 Å². The number of para-hydroxylation sites is 1. The number of benzene rings is 1. The van der Waals surface area contributed by atoms with E-state index in [2.05, 4.69) is 0 Å². The van der Waals surface area contributed by atoms with Crippen LogP contribution in [-0.4, -0.2) is 13.1 Å². The topological polar surface area (TPSA) is 29.3 Å². The molecule has 0 aliphatic carbocycles. The molecule has 0 saturated carbocycles. The molecule has 1 aromatic carbocycles. The Bertz CT molecular complexity index is 286. The second kappa shape index (κ2) is 3.24. The van der Waals surface area contributed by atoms with Crippen molar-refractivity contribution in [1.82, 2.24) is 0 Å². The molecule has 0 amide bonds. The fourth-order valence-electron chi connectivity index (χ4n) is 1.81. The van der Waals surface area contributed by atoms with Crippen LogP contribution in [0.2, 0.25) is 0 Å².